The first-order chi connectivity index (χ1) is 9.01. The maximum atomic E-state index is 9.76. The van der Waals surface area contributed by atoms with E-state index in [-0.39, 0.29) is 0 Å². The van der Waals surface area contributed by atoms with E-state index in [4.69, 9.17) is 11.6 Å². The first-order valence-corrected chi connectivity index (χ1v) is 6.43. The van der Waals surface area contributed by atoms with Crippen molar-refractivity contribution in [1.29, 1.82) is 0 Å². The van der Waals surface area contributed by atoms with Gasteiger partial charge in [-0.3, -0.25) is 0 Å². The summed E-state index contributed by atoms with van der Waals surface area (Å²) in [6, 6.07) is 9.53. The smallest absolute Gasteiger partial charge is 0.121 e. The molecule has 0 atom stereocenters. The number of phenolic OH excluding ortho intramolecular Hbond substituents is 1. The van der Waals surface area contributed by atoms with E-state index < -0.39 is 0 Å². The van der Waals surface area contributed by atoms with Gasteiger partial charge in [-0.05, 0) is 55.3 Å². The Hall–Kier alpha value is -1.87. The summed E-state index contributed by atoms with van der Waals surface area (Å²) in [7, 11) is 1.85. The van der Waals surface area contributed by atoms with Gasteiger partial charge in [-0.2, -0.15) is 0 Å². The first-order valence-electron chi connectivity index (χ1n) is 6.06. The molecule has 4 heteroatoms. The number of hydrogen-bond acceptors (Lipinski definition) is 3. The maximum Gasteiger partial charge on any atom is 0.121 e. The SMILES string of the molecule is CNc1ccc(Nc2cc(C)c(O)c(C)c2)c(Cl)c1. The second-order valence-corrected chi connectivity index (χ2v) is 4.94. The molecule has 2 aromatic rings. The number of nitrogens with one attached hydrogen (secondary N) is 2. The van der Waals surface area contributed by atoms with Crippen molar-refractivity contribution in [2.75, 3.05) is 17.7 Å². The molecule has 3 N–H and O–H groups in total. The molecule has 0 fully saturated rings. The number of aromatic hydroxyl groups is 1. The number of rotatable bonds is 3. The van der Waals surface area contributed by atoms with E-state index in [2.05, 4.69) is 10.6 Å². The van der Waals surface area contributed by atoms with Gasteiger partial charge in [-0.15, -0.1) is 0 Å². The minimum absolute atomic E-state index is 0.335. The zero-order valence-electron chi connectivity index (χ0n) is 11.2. The summed E-state index contributed by atoms with van der Waals surface area (Å²) in [5.41, 5.74) is 4.39. The molecule has 0 saturated carbocycles. The van der Waals surface area contributed by atoms with Crippen LogP contribution in [-0.4, -0.2) is 12.2 Å². The van der Waals surface area contributed by atoms with Gasteiger partial charge in [0.05, 0.1) is 10.7 Å². The van der Waals surface area contributed by atoms with Crippen molar-refractivity contribution in [2.45, 2.75) is 13.8 Å². The van der Waals surface area contributed by atoms with Crippen molar-refractivity contribution in [3.05, 3.63) is 46.5 Å². The average Bonchev–Trinajstić information content (AvgIpc) is 2.38. The minimum Gasteiger partial charge on any atom is -0.507 e. The van der Waals surface area contributed by atoms with Crippen LogP contribution in [0.2, 0.25) is 5.02 Å². The molecular weight excluding hydrogens is 260 g/mol. The van der Waals surface area contributed by atoms with Crippen molar-refractivity contribution in [3.8, 4) is 5.75 Å². The third-order valence-electron chi connectivity index (χ3n) is 3.03. The Labute approximate surface area is 118 Å². The predicted molar refractivity (Wildman–Crippen MR) is 81.9 cm³/mol. The van der Waals surface area contributed by atoms with Gasteiger partial charge in [-0.1, -0.05) is 11.6 Å². The number of hydrogen-bond donors (Lipinski definition) is 3. The summed E-state index contributed by atoms with van der Waals surface area (Å²) >= 11 is 6.22. The molecule has 0 amide bonds. The molecule has 0 saturated heterocycles. The van der Waals surface area contributed by atoms with E-state index in [0.29, 0.717) is 10.8 Å². The van der Waals surface area contributed by atoms with Crippen LogP contribution in [0.1, 0.15) is 11.1 Å². The molecule has 0 radical (unpaired) electrons. The molecule has 0 spiro atoms. The van der Waals surface area contributed by atoms with Crippen LogP contribution in [-0.2, 0) is 0 Å². The van der Waals surface area contributed by atoms with E-state index in [0.717, 1.165) is 28.2 Å². The fourth-order valence-corrected chi connectivity index (χ4v) is 2.18. The zero-order chi connectivity index (χ0) is 14.0. The lowest BCUT2D eigenvalue weighted by Gasteiger charge is -2.12. The Morgan fingerprint density at radius 1 is 1.00 bits per heavy atom. The quantitative estimate of drug-likeness (QED) is 0.726. The lowest BCUT2D eigenvalue weighted by atomic mass is 10.1. The number of aryl methyl sites for hydroxylation is 2. The second kappa shape index (κ2) is 5.41. The minimum atomic E-state index is 0.335. The van der Waals surface area contributed by atoms with E-state index in [1.165, 1.54) is 0 Å². The van der Waals surface area contributed by atoms with Crippen molar-refractivity contribution in [2.24, 2.45) is 0 Å². The van der Waals surface area contributed by atoms with Gasteiger partial charge < -0.3 is 15.7 Å². The molecule has 0 aromatic heterocycles. The van der Waals surface area contributed by atoms with Crippen LogP contribution in [0.3, 0.4) is 0 Å². The molecule has 3 nitrogen and oxygen atoms in total. The van der Waals surface area contributed by atoms with Crippen LogP contribution in [0, 0.1) is 13.8 Å². The standard InChI is InChI=1S/C15H17ClN2O/c1-9-6-12(7-10(2)15(9)19)18-14-5-4-11(17-3)8-13(14)16/h4-8,17-19H,1-3H3. The molecule has 2 rings (SSSR count). The summed E-state index contributed by atoms with van der Waals surface area (Å²) in [5, 5.41) is 16.7. The maximum absolute atomic E-state index is 9.76. The van der Waals surface area contributed by atoms with Gasteiger partial charge in [0.2, 0.25) is 0 Å². The molecule has 100 valence electrons. The molecule has 0 aliphatic rings. The number of anilines is 3. The summed E-state index contributed by atoms with van der Waals surface area (Å²) in [5.74, 6) is 0.335. The number of halogens is 1. The predicted octanol–water partition coefficient (Wildman–Crippen LogP) is 4.45. The third-order valence-corrected chi connectivity index (χ3v) is 3.34. The van der Waals surface area contributed by atoms with Gasteiger partial charge in [-0.25, -0.2) is 0 Å². The van der Waals surface area contributed by atoms with E-state index >= 15 is 0 Å². The normalized spacial score (nSPS) is 10.3. The van der Waals surface area contributed by atoms with Gasteiger partial charge in [0.1, 0.15) is 5.75 Å². The van der Waals surface area contributed by atoms with Gasteiger partial charge in [0, 0.05) is 18.4 Å². The van der Waals surface area contributed by atoms with Gasteiger partial charge >= 0.3 is 0 Å². The highest BCUT2D eigenvalue weighted by molar-refractivity contribution is 6.33. The lowest BCUT2D eigenvalue weighted by Crippen LogP contribution is -1.95. The molecule has 0 aliphatic heterocycles. The van der Waals surface area contributed by atoms with E-state index in [1.54, 1.807) is 0 Å². The molecular formula is C15H17ClN2O. The molecule has 19 heavy (non-hydrogen) atoms. The van der Waals surface area contributed by atoms with Gasteiger partial charge in [0.25, 0.3) is 0 Å². The second-order valence-electron chi connectivity index (χ2n) is 4.53. The fraction of sp³-hybridized carbons (Fsp3) is 0.200. The molecule has 2 aromatic carbocycles. The summed E-state index contributed by atoms with van der Waals surface area (Å²) in [6.45, 7) is 3.75. The monoisotopic (exact) mass is 276 g/mol. The van der Waals surface area contributed by atoms with Crippen LogP contribution in [0.5, 0.6) is 5.75 Å². The summed E-state index contributed by atoms with van der Waals surface area (Å²) in [6.07, 6.45) is 0. The Bertz CT molecular complexity index is 588. The van der Waals surface area contributed by atoms with Crippen molar-refractivity contribution >= 4 is 28.7 Å². The Kier molecular flexibility index (Phi) is 3.86. The Morgan fingerprint density at radius 3 is 2.16 bits per heavy atom. The van der Waals surface area contributed by atoms with Crippen molar-refractivity contribution in [1.82, 2.24) is 0 Å². The largest absolute Gasteiger partial charge is 0.507 e. The van der Waals surface area contributed by atoms with Crippen molar-refractivity contribution < 1.29 is 5.11 Å². The summed E-state index contributed by atoms with van der Waals surface area (Å²) < 4.78 is 0. The van der Waals surface area contributed by atoms with Crippen LogP contribution in [0.25, 0.3) is 0 Å². The van der Waals surface area contributed by atoms with E-state index in [9.17, 15) is 5.11 Å². The van der Waals surface area contributed by atoms with Crippen LogP contribution >= 0.6 is 11.6 Å². The summed E-state index contributed by atoms with van der Waals surface area (Å²) in [4.78, 5) is 0. The van der Waals surface area contributed by atoms with Crippen LogP contribution in [0.15, 0.2) is 30.3 Å². The average molecular weight is 277 g/mol. The highest BCUT2D eigenvalue weighted by Crippen LogP contribution is 2.31. The van der Waals surface area contributed by atoms with Crippen molar-refractivity contribution in [3.63, 3.8) is 0 Å². The van der Waals surface area contributed by atoms with Gasteiger partial charge in [0.15, 0.2) is 0 Å². The highest BCUT2D eigenvalue weighted by Gasteiger charge is 2.06. The first kappa shape index (κ1) is 13.6. The van der Waals surface area contributed by atoms with E-state index in [1.807, 2.05) is 51.2 Å². The molecule has 0 aliphatic carbocycles. The molecule has 0 bridgehead atoms. The Balaban J connectivity index is 2.31. The van der Waals surface area contributed by atoms with Crippen LogP contribution < -0.4 is 10.6 Å². The third kappa shape index (κ3) is 2.93. The number of phenols is 1. The fourth-order valence-electron chi connectivity index (χ4n) is 1.96. The number of benzene rings is 2. The molecule has 0 unspecified atom stereocenters. The Morgan fingerprint density at radius 2 is 1.63 bits per heavy atom. The van der Waals surface area contributed by atoms with Crippen LogP contribution in [0.4, 0.5) is 17.1 Å². The lowest BCUT2D eigenvalue weighted by molar-refractivity contribution is 0.467. The highest BCUT2D eigenvalue weighted by atomic mass is 35.5. The molecule has 0 heterocycles. The zero-order valence-corrected chi connectivity index (χ0v) is 12.0. The topological polar surface area (TPSA) is 44.3 Å².